The van der Waals surface area contributed by atoms with Gasteiger partial charge in [0.2, 0.25) is 5.91 Å². The molecular formula is C16H21N3OS3. The molecule has 23 heavy (non-hydrogen) atoms. The van der Waals surface area contributed by atoms with Crippen molar-refractivity contribution in [3.63, 3.8) is 0 Å². The second-order valence-corrected chi connectivity index (χ2v) is 8.15. The Hall–Kier alpha value is -1.05. The van der Waals surface area contributed by atoms with Crippen LogP contribution in [0.5, 0.6) is 0 Å². The van der Waals surface area contributed by atoms with E-state index in [4.69, 9.17) is 0 Å². The molecule has 0 unspecified atom stereocenters. The van der Waals surface area contributed by atoms with Gasteiger partial charge in [0, 0.05) is 34.3 Å². The minimum atomic E-state index is 0.0335. The summed E-state index contributed by atoms with van der Waals surface area (Å²) in [6.45, 7) is 6.65. The summed E-state index contributed by atoms with van der Waals surface area (Å²) in [6.07, 6.45) is 0. The zero-order valence-electron chi connectivity index (χ0n) is 13.6. The van der Waals surface area contributed by atoms with Crippen LogP contribution in [0.15, 0.2) is 22.7 Å². The number of hydrogen-bond acceptors (Lipinski definition) is 6. The minimum Gasteiger partial charge on any atom is -0.355 e. The second kappa shape index (κ2) is 9.30. The van der Waals surface area contributed by atoms with Crippen LogP contribution in [0, 0.1) is 20.8 Å². The van der Waals surface area contributed by atoms with Gasteiger partial charge >= 0.3 is 0 Å². The van der Waals surface area contributed by atoms with Crippen molar-refractivity contribution in [3.05, 3.63) is 39.3 Å². The second-order valence-electron chi connectivity index (χ2n) is 5.07. The molecule has 4 nitrogen and oxygen atoms in total. The van der Waals surface area contributed by atoms with Gasteiger partial charge in [-0.15, -0.1) is 11.3 Å². The molecule has 0 fully saturated rings. The number of thioether (sulfide) groups is 2. The van der Waals surface area contributed by atoms with Crippen LogP contribution in [-0.2, 0) is 10.5 Å². The summed E-state index contributed by atoms with van der Waals surface area (Å²) in [4.78, 5) is 22.0. The molecule has 2 rings (SSSR count). The smallest absolute Gasteiger partial charge is 0.230 e. The maximum Gasteiger partial charge on any atom is 0.230 e. The molecule has 2 heterocycles. The van der Waals surface area contributed by atoms with Crippen LogP contribution in [-0.4, -0.2) is 33.9 Å². The van der Waals surface area contributed by atoms with Crippen molar-refractivity contribution in [2.75, 3.05) is 18.1 Å². The van der Waals surface area contributed by atoms with Crippen molar-refractivity contribution < 1.29 is 4.79 Å². The van der Waals surface area contributed by atoms with Gasteiger partial charge in [0.1, 0.15) is 0 Å². The zero-order chi connectivity index (χ0) is 16.7. The Labute approximate surface area is 149 Å². The monoisotopic (exact) mass is 367 g/mol. The van der Waals surface area contributed by atoms with Gasteiger partial charge in [0.05, 0.1) is 5.75 Å². The van der Waals surface area contributed by atoms with E-state index in [1.807, 2.05) is 32.5 Å². The van der Waals surface area contributed by atoms with Crippen molar-refractivity contribution in [2.24, 2.45) is 0 Å². The topological polar surface area (TPSA) is 54.9 Å². The number of hydrogen-bond donors (Lipinski definition) is 1. The molecule has 1 amide bonds. The third kappa shape index (κ3) is 6.16. The number of thiophene rings is 1. The summed E-state index contributed by atoms with van der Waals surface area (Å²) in [5, 5.41) is 5.70. The molecule has 2 aromatic heterocycles. The maximum atomic E-state index is 11.9. The first-order valence-corrected chi connectivity index (χ1v) is 10.4. The molecule has 124 valence electrons. The first kappa shape index (κ1) is 18.3. The van der Waals surface area contributed by atoms with Crippen LogP contribution in [0.2, 0.25) is 0 Å². The Kier molecular flexibility index (Phi) is 7.39. The lowest BCUT2D eigenvalue weighted by molar-refractivity contribution is -0.118. The molecule has 7 heteroatoms. The molecule has 0 spiro atoms. The molecule has 0 bridgehead atoms. The average molecular weight is 368 g/mol. The van der Waals surface area contributed by atoms with Crippen molar-refractivity contribution in [3.8, 4) is 0 Å². The zero-order valence-corrected chi connectivity index (χ0v) is 16.0. The number of carbonyl (C=O) groups is 1. The van der Waals surface area contributed by atoms with Gasteiger partial charge in [-0.25, -0.2) is 9.97 Å². The van der Waals surface area contributed by atoms with Crippen LogP contribution < -0.4 is 5.32 Å². The first-order valence-electron chi connectivity index (χ1n) is 7.37. The van der Waals surface area contributed by atoms with Gasteiger partial charge in [-0.3, -0.25) is 4.79 Å². The number of amides is 1. The highest BCUT2D eigenvalue weighted by atomic mass is 32.2. The van der Waals surface area contributed by atoms with E-state index < -0.39 is 0 Å². The van der Waals surface area contributed by atoms with E-state index in [1.165, 1.54) is 16.6 Å². The standard InChI is InChI=1S/C16H21N3OS3/c1-11-12(2)18-16(19-13(11)3)23-10-15(20)17-6-8-21-9-14-5-4-7-22-14/h4-5,7H,6,8-10H2,1-3H3,(H,17,20). The Morgan fingerprint density at radius 2 is 2.00 bits per heavy atom. The predicted octanol–water partition coefficient (Wildman–Crippen LogP) is 3.61. The summed E-state index contributed by atoms with van der Waals surface area (Å²) in [6, 6.07) is 4.20. The van der Waals surface area contributed by atoms with Crippen LogP contribution in [0.4, 0.5) is 0 Å². The van der Waals surface area contributed by atoms with Gasteiger partial charge in [-0.2, -0.15) is 11.8 Å². The van der Waals surface area contributed by atoms with E-state index in [0.29, 0.717) is 17.5 Å². The van der Waals surface area contributed by atoms with Crippen LogP contribution in [0.3, 0.4) is 0 Å². The summed E-state index contributed by atoms with van der Waals surface area (Å²) in [7, 11) is 0. The van der Waals surface area contributed by atoms with Gasteiger partial charge in [-0.05, 0) is 37.8 Å². The fraction of sp³-hybridized carbons (Fsp3) is 0.438. The number of rotatable bonds is 8. The highest BCUT2D eigenvalue weighted by Crippen LogP contribution is 2.17. The summed E-state index contributed by atoms with van der Waals surface area (Å²) in [5.41, 5.74) is 3.07. The van der Waals surface area contributed by atoms with E-state index in [0.717, 1.165) is 28.5 Å². The SMILES string of the molecule is Cc1nc(SCC(=O)NCCSCc2cccs2)nc(C)c1C. The molecule has 0 saturated heterocycles. The Balaban J connectivity index is 1.63. The lowest BCUT2D eigenvalue weighted by Crippen LogP contribution is -2.27. The summed E-state index contributed by atoms with van der Waals surface area (Å²) in [5.74, 6) is 2.33. The fourth-order valence-corrected chi connectivity index (χ4v) is 4.28. The molecule has 0 aliphatic heterocycles. The third-order valence-corrected chi connectivity index (χ3v) is 6.25. The predicted molar refractivity (Wildman–Crippen MR) is 100 cm³/mol. The molecule has 0 atom stereocenters. The molecule has 0 aromatic carbocycles. The largest absolute Gasteiger partial charge is 0.355 e. The number of aryl methyl sites for hydroxylation is 2. The summed E-state index contributed by atoms with van der Waals surface area (Å²) < 4.78 is 0. The molecule has 0 aliphatic rings. The van der Waals surface area contributed by atoms with Crippen LogP contribution in [0.25, 0.3) is 0 Å². The highest BCUT2D eigenvalue weighted by Gasteiger charge is 2.08. The molecule has 1 N–H and O–H groups in total. The van der Waals surface area contributed by atoms with Gasteiger partial charge in [-0.1, -0.05) is 17.8 Å². The maximum absolute atomic E-state index is 11.9. The molecule has 0 saturated carbocycles. The third-order valence-electron chi connectivity index (χ3n) is 3.34. The Morgan fingerprint density at radius 3 is 2.65 bits per heavy atom. The van der Waals surface area contributed by atoms with E-state index in [9.17, 15) is 4.79 Å². The quantitative estimate of drug-likeness (QED) is 0.439. The molecule has 2 aromatic rings. The van der Waals surface area contributed by atoms with Crippen molar-refractivity contribution in [1.29, 1.82) is 0 Å². The molecule has 0 aliphatic carbocycles. The number of nitrogens with zero attached hydrogens (tertiary/aromatic N) is 2. The lowest BCUT2D eigenvalue weighted by atomic mass is 10.2. The highest BCUT2D eigenvalue weighted by molar-refractivity contribution is 7.99. The van der Waals surface area contributed by atoms with E-state index in [-0.39, 0.29) is 5.91 Å². The minimum absolute atomic E-state index is 0.0335. The van der Waals surface area contributed by atoms with Crippen molar-refractivity contribution in [2.45, 2.75) is 31.7 Å². The number of carbonyl (C=O) groups excluding carboxylic acids is 1. The average Bonchev–Trinajstić information content (AvgIpc) is 3.03. The number of aromatic nitrogens is 2. The number of nitrogens with one attached hydrogen (secondary N) is 1. The van der Waals surface area contributed by atoms with Gasteiger partial charge in [0.15, 0.2) is 5.16 Å². The van der Waals surface area contributed by atoms with Crippen molar-refractivity contribution >= 4 is 40.8 Å². The lowest BCUT2D eigenvalue weighted by Gasteiger charge is -2.07. The fourth-order valence-electron chi connectivity index (χ4n) is 1.82. The first-order chi connectivity index (χ1) is 11.1. The van der Waals surface area contributed by atoms with Gasteiger partial charge < -0.3 is 5.32 Å². The van der Waals surface area contributed by atoms with E-state index >= 15 is 0 Å². The Morgan fingerprint density at radius 1 is 1.26 bits per heavy atom. The molecule has 0 radical (unpaired) electrons. The summed E-state index contributed by atoms with van der Waals surface area (Å²) >= 11 is 5.00. The van der Waals surface area contributed by atoms with E-state index in [2.05, 4.69) is 32.8 Å². The van der Waals surface area contributed by atoms with Crippen LogP contribution >= 0.6 is 34.9 Å². The van der Waals surface area contributed by atoms with E-state index in [1.54, 1.807) is 11.3 Å². The van der Waals surface area contributed by atoms with Crippen LogP contribution in [0.1, 0.15) is 21.8 Å². The van der Waals surface area contributed by atoms with Crippen molar-refractivity contribution in [1.82, 2.24) is 15.3 Å². The Bertz CT molecular complexity index is 621. The molecular weight excluding hydrogens is 346 g/mol. The normalized spacial score (nSPS) is 10.7. The van der Waals surface area contributed by atoms with Gasteiger partial charge in [0.25, 0.3) is 0 Å².